The van der Waals surface area contributed by atoms with Crippen molar-refractivity contribution < 1.29 is 48.2 Å². The Balaban J connectivity index is 4.20. The zero-order valence-corrected chi connectivity index (χ0v) is 34.5. The number of phosphoric acid groups is 1. The minimum atomic E-state index is -4.83. The standard InChI is InChI=1S/C43H75O10P/c1-3-5-7-9-11-12-13-14-15-16-17-18-19-20-21-23-29-35-42(46)51-37-41(38-52-54(48,49)50)53-43(47)36-30-34-40(45)33-28-25-24-27-32-39(44)31-26-22-10-8-6-4-2/h14-15,22,24-28,32-33,39-41,44-45H,3-13,16-21,23,29-31,34-38H2,1-2H3,(H2,48,49,50)/b15-14-,25-24+,26-22-,32-27+,33-28-/t39-,40-,41+/m0/s1. The normalized spacial score (nSPS) is 14.3. The monoisotopic (exact) mass is 783 g/mol. The van der Waals surface area contributed by atoms with Gasteiger partial charge in [-0.2, -0.15) is 0 Å². The third-order valence-corrected chi connectivity index (χ3v) is 9.18. The van der Waals surface area contributed by atoms with Gasteiger partial charge in [0, 0.05) is 12.8 Å². The highest BCUT2D eigenvalue weighted by Gasteiger charge is 2.23. The molecule has 0 bridgehead atoms. The highest BCUT2D eigenvalue weighted by atomic mass is 31.2. The van der Waals surface area contributed by atoms with Crippen LogP contribution in [0.3, 0.4) is 0 Å². The first-order valence-corrected chi connectivity index (χ1v) is 22.3. The summed E-state index contributed by atoms with van der Waals surface area (Å²) in [5, 5.41) is 20.2. The number of esters is 2. The van der Waals surface area contributed by atoms with Gasteiger partial charge in [0.2, 0.25) is 0 Å². The Kier molecular flexibility index (Phi) is 36.0. The highest BCUT2D eigenvalue weighted by Crippen LogP contribution is 2.36. The Morgan fingerprint density at radius 2 is 1.06 bits per heavy atom. The molecule has 312 valence electrons. The molecule has 0 aliphatic carbocycles. The molecule has 0 aromatic rings. The number of ether oxygens (including phenoxy) is 2. The molecule has 0 rings (SSSR count). The highest BCUT2D eigenvalue weighted by molar-refractivity contribution is 7.46. The first kappa shape index (κ1) is 51.7. The van der Waals surface area contributed by atoms with Gasteiger partial charge in [0.25, 0.3) is 0 Å². The molecular formula is C43H75O10P. The number of aliphatic hydroxyl groups excluding tert-OH is 2. The predicted octanol–water partition coefficient (Wildman–Crippen LogP) is 10.5. The van der Waals surface area contributed by atoms with Crippen LogP contribution < -0.4 is 0 Å². The van der Waals surface area contributed by atoms with Gasteiger partial charge in [-0.3, -0.25) is 14.1 Å². The van der Waals surface area contributed by atoms with Crippen LogP contribution in [0.1, 0.15) is 168 Å². The molecule has 0 radical (unpaired) electrons. The van der Waals surface area contributed by atoms with Crippen molar-refractivity contribution in [2.24, 2.45) is 0 Å². The summed E-state index contributed by atoms with van der Waals surface area (Å²) in [4.78, 5) is 42.8. The van der Waals surface area contributed by atoms with Gasteiger partial charge in [-0.15, -0.1) is 0 Å². The van der Waals surface area contributed by atoms with Gasteiger partial charge in [0.05, 0.1) is 18.8 Å². The van der Waals surface area contributed by atoms with Crippen molar-refractivity contribution in [1.29, 1.82) is 0 Å². The molecule has 0 aromatic carbocycles. The van der Waals surface area contributed by atoms with Crippen LogP contribution in [0, 0.1) is 0 Å². The third kappa shape index (κ3) is 39.4. The lowest BCUT2D eigenvalue weighted by Crippen LogP contribution is -2.29. The summed E-state index contributed by atoms with van der Waals surface area (Å²) in [6.07, 6.45) is 40.0. The maximum Gasteiger partial charge on any atom is 0.469 e. The number of carbonyl (C=O) groups is 2. The van der Waals surface area contributed by atoms with Crippen LogP contribution in [0.25, 0.3) is 0 Å². The van der Waals surface area contributed by atoms with Crippen LogP contribution >= 0.6 is 7.82 Å². The van der Waals surface area contributed by atoms with Crippen molar-refractivity contribution in [3.63, 3.8) is 0 Å². The molecule has 4 N–H and O–H groups in total. The Morgan fingerprint density at radius 1 is 0.574 bits per heavy atom. The summed E-state index contributed by atoms with van der Waals surface area (Å²) in [5.74, 6) is -1.13. The average molecular weight is 783 g/mol. The van der Waals surface area contributed by atoms with Crippen LogP contribution in [-0.2, 0) is 28.2 Å². The molecular weight excluding hydrogens is 707 g/mol. The van der Waals surface area contributed by atoms with Crippen LogP contribution in [0.15, 0.2) is 60.8 Å². The smallest absolute Gasteiger partial charge is 0.462 e. The van der Waals surface area contributed by atoms with E-state index in [9.17, 15) is 24.4 Å². The van der Waals surface area contributed by atoms with Crippen molar-refractivity contribution in [2.45, 2.75) is 186 Å². The molecule has 0 unspecified atom stereocenters. The minimum Gasteiger partial charge on any atom is -0.462 e. The average Bonchev–Trinajstić information content (AvgIpc) is 3.13. The quantitative estimate of drug-likeness (QED) is 0.0157. The maximum absolute atomic E-state index is 12.4. The van der Waals surface area contributed by atoms with Gasteiger partial charge >= 0.3 is 19.8 Å². The van der Waals surface area contributed by atoms with Gasteiger partial charge in [-0.25, -0.2) is 4.57 Å². The molecule has 11 heteroatoms. The molecule has 3 atom stereocenters. The second kappa shape index (κ2) is 37.6. The van der Waals surface area contributed by atoms with E-state index in [2.05, 4.69) is 36.6 Å². The predicted molar refractivity (Wildman–Crippen MR) is 219 cm³/mol. The topological polar surface area (TPSA) is 160 Å². The fourth-order valence-electron chi connectivity index (χ4n) is 5.50. The largest absolute Gasteiger partial charge is 0.469 e. The van der Waals surface area contributed by atoms with Crippen LogP contribution in [-0.4, -0.2) is 63.5 Å². The number of unbranched alkanes of at least 4 members (excludes halogenated alkanes) is 16. The van der Waals surface area contributed by atoms with E-state index in [1.807, 2.05) is 6.08 Å². The zero-order chi connectivity index (χ0) is 40.0. The van der Waals surface area contributed by atoms with E-state index < -0.39 is 44.7 Å². The van der Waals surface area contributed by atoms with E-state index in [1.54, 1.807) is 36.5 Å². The fourth-order valence-corrected chi connectivity index (χ4v) is 5.86. The maximum atomic E-state index is 12.4. The van der Waals surface area contributed by atoms with Crippen molar-refractivity contribution >= 4 is 19.8 Å². The number of hydrogen-bond donors (Lipinski definition) is 4. The molecule has 0 heterocycles. The molecule has 54 heavy (non-hydrogen) atoms. The number of aliphatic hydroxyl groups is 2. The van der Waals surface area contributed by atoms with Gasteiger partial charge in [-0.1, -0.05) is 152 Å². The summed E-state index contributed by atoms with van der Waals surface area (Å²) in [5.41, 5.74) is 0. The Hall–Kier alpha value is -2.33. The van der Waals surface area contributed by atoms with E-state index in [1.165, 1.54) is 83.5 Å². The first-order chi connectivity index (χ1) is 26.1. The number of allylic oxidation sites excluding steroid dienone is 7. The Morgan fingerprint density at radius 3 is 1.65 bits per heavy atom. The number of hydrogen-bond acceptors (Lipinski definition) is 8. The fraction of sp³-hybridized carbons (Fsp3) is 0.721. The van der Waals surface area contributed by atoms with Crippen molar-refractivity contribution in [2.75, 3.05) is 13.2 Å². The molecule has 0 spiro atoms. The van der Waals surface area contributed by atoms with E-state index in [-0.39, 0.29) is 25.9 Å². The molecule has 0 aromatic heterocycles. The number of rotatable bonds is 37. The van der Waals surface area contributed by atoms with E-state index in [0.29, 0.717) is 19.3 Å². The van der Waals surface area contributed by atoms with E-state index in [4.69, 9.17) is 19.3 Å². The molecule has 0 fully saturated rings. The second-order valence-electron chi connectivity index (χ2n) is 14.0. The van der Waals surface area contributed by atoms with Gasteiger partial charge in [-0.05, 0) is 64.2 Å². The molecule has 10 nitrogen and oxygen atoms in total. The zero-order valence-electron chi connectivity index (χ0n) is 33.6. The summed E-state index contributed by atoms with van der Waals surface area (Å²) >= 11 is 0. The van der Waals surface area contributed by atoms with Crippen LogP contribution in [0.5, 0.6) is 0 Å². The van der Waals surface area contributed by atoms with Crippen molar-refractivity contribution in [3.05, 3.63) is 60.8 Å². The van der Waals surface area contributed by atoms with Crippen molar-refractivity contribution in [3.8, 4) is 0 Å². The first-order valence-electron chi connectivity index (χ1n) is 20.8. The molecule has 0 amide bonds. The van der Waals surface area contributed by atoms with Gasteiger partial charge in [0.1, 0.15) is 6.61 Å². The van der Waals surface area contributed by atoms with Crippen LogP contribution in [0.4, 0.5) is 0 Å². The number of phosphoric ester groups is 1. The summed E-state index contributed by atoms with van der Waals surface area (Å²) in [7, 11) is -4.83. The lowest BCUT2D eigenvalue weighted by molar-refractivity contribution is -0.161. The lowest BCUT2D eigenvalue weighted by atomic mass is 10.1. The van der Waals surface area contributed by atoms with E-state index in [0.717, 1.165) is 32.1 Å². The van der Waals surface area contributed by atoms with E-state index >= 15 is 0 Å². The SMILES string of the molecule is CCCCC/C=C\C[C@H](O)/C=C/C=C/C=C\[C@H](O)CCCC(=O)O[C@H](COC(=O)CCCCCCCCC/C=C\CCCCCCCC)COP(=O)(O)O. The summed E-state index contributed by atoms with van der Waals surface area (Å²) in [6, 6.07) is 0. The summed E-state index contributed by atoms with van der Waals surface area (Å²) in [6.45, 7) is 3.41. The minimum absolute atomic E-state index is 0.0509. The molecule has 0 saturated carbocycles. The molecule has 0 saturated heterocycles. The Bertz CT molecular complexity index is 1090. The van der Waals surface area contributed by atoms with Gasteiger partial charge in [0.15, 0.2) is 6.10 Å². The van der Waals surface area contributed by atoms with Crippen LogP contribution in [0.2, 0.25) is 0 Å². The van der Waals surface area contributed by atoms with Gasteiger partial charge < -0.3 is 29.5 Å². The Labute approximate surface area is 327 Å². The number of carbonyl (C=O) groups excluding carboxylic acids is 2. The lowest BCUT2D eigenvalue weighted by Gasteiger charge is -2.18. The molecule has 0 aliphatic rings. The van der Waals surface area contributed by atoms with Crippen molar-refractivity contribution in [1.82, 2.24) is 0 Å². The molecule has 0 aliphatic heterocycles. The second-order valence-corrected chi connectivity index (χ2v) is 15.2. The summed E-state index contributed by atoms with van der Waals surface area (Å²) < 4.78 is 26.2. The third-order valence-electron chi connectivity index (χ3n) is 8.70.